The molecule has 0 unspecified atom stereocenters. The first kappa shape index (κ1) is 12.7. The van der Waals surface area contributed by atoms with Gasteiger partial charge in [0.1, 0.15) is 5.82 Å². The second-order valence-corrected chi connectivity index (χ2v) is 3.97. The van der Waals surface area contributed by atoms with Gasteiger partial charge in [-0.2, -0.15) is 13.2 Å². The van der Waals surface area contributed by atoms with Crippen LogP contribution in [0.1, 0.15) is 18.1 Å². The van der Waals surface area contributed by atoms with Crippen LogP contribution in [0.25, 0.3) is 10.9 Å². The van der Waals surface area contributed by atoms with Crippen molar-refractivity contribution in [1.82, 2.24) is 4.98 Å². The molecule has 18 heavy (non-hydrogen) atoms. The molecule has 0 aliphatic rings. The van der Waals surface area contributed by atoms with Crippen molar-refractivity contribution in [3.8, 4) is 0 Å². The number of para-hydroxylation sites is 1. The first-order chi connectivity index (χ1) is 8.47. The number of anilines is 1. The van der Waals surface area contributed by atoms with Gasteiger partial charge in [-0.1, -0.05) is 19.1 Å². The molecule has 2 aromatic rings. The van der Waals surface area contributed by atoms with E-state index in [9.17, 15) is 13.2 Å². The van der Waals surface area contributed by atoms with Crippen molar-refractivity contribution in [2.45, 2.75) is 19.5 Å². The third kappa shape index (κ3) is 2.12. The first-order valence-corrected chi connectivity index (χ1v) is 5.65. The molecule has 0 bridgehead atoms. The summed E-state index contributed by atoms with van der Waals surface area (Å²) in [5.74, 6) is 0.502. The lowest BCUT2D eigenvalue weighted by molar-refractivity contribution is -0.136. The Labute approximate surface area is 103 Å². The molecule has 0 radical (unpaired) electrons. The molecule has 2 rings (SSSR count). The summed E-state index contributed by atoms with van der Waals surface area (Å²) >= 11 is 0. The Balaban J connectivity index is 2.77. The highest BCUT2D eigenvalue weighted by molar-refractivity contribution is 5.85. The molecule has 0 saturated heterocycles. The molecule has 1 N–H and O–H groups in total. The molecule has 1 aromatic heterocycles. The van der Waals surface area contributed by atoms with E-state index in [4.69, 9.17) is 0 Å². The Morgan fingerprint density at radius 2 is 2.00 bits per heavy atom. The van der Waals surface area contributed by atoms with Gasteiger partial charge in [-0.3, -0.25) is 0 Å². The van der Waals surface area contributed by atoms with Gasteiger partial charge in [-0.15, -0.1) is 0 Å². The van der Waals surface area contributed by atoms with Crippen molar-refractivity contribution in [3.63, 3.8) is 0 Å². The topological polar surface area (TPSA) is 24.9 Å². The van der Waals surface area contributed by atoms with Crippen LogP contribution in [0.2, 0.25) is 0 Å². The van der Waals surface area contributed by atoms with E-state index in [1.807, 2.05) is 6.92 Å². The summed E-state index contributed by atoms with van der Waals surface area (Å²) in [5.41, 5.74) is 0.204. The molecule has 1 heterocycles. The predicted octanol–water partition coefficient (Wildman–Crippen LogP) is 3.86. The number of fused-ring (bicyclic) bond motifs is 1. The number of aryl methyl sites for hydroxylation is 1. The molecule has 0 aliphatic carbocycles. The summed E-state index contributed by atoms with van der Waals surface area (Å²) in [6, 6.07) is 5.87. The van der Waals surface area contributed by atoms with Gasteiger partial charge in [-0.05, 0) is 24.1 Å². The Morgan fingerprint density at radius 3 is 2.56 bits per heavy atom. The maximum absolute atomic E-state index is 12.9. The van der Waals surface area contributed by atoms with E-state index in [-0.39, 0.29) is 5.52 Å². The minimum atomic E-state index is -4.38. The highest BCUT2D eigenvalue weighted by Gasteiger charge is 2.33. The molecule has 2 nitrogen and oxygen atoms in total. The van der Waals surface area contributed by atoms with Gasteiger partial charge in [0.2, 0.25) is 0 Å². The minimum Gasteiger partial charge on any atom is -0.373 e. The number of halogens is 3. The SMILES string of the molecule is CCc1cc2cccc(C(F)(F)F)c2nc1NC. The van der Waals surface area contributed by atoms with Crippen LogP contribution in [-0.2, 0) is 12.6 Å². The summed E-state index contributed by atoms with van der Waals surface area (Å²) in [4.78, 5) is 4.10. The third-order valence-electron chi connectivity index (χ3n) is 2.85. The maximum atomic E-state index is 12.9. The fourth-order valence-corrected chi connectivity index (χ4v) is 1.96. The van der Waals surface area contributed by atoms with E-state index in [2.05, 4.69) is 10.3 Å². The van der Waals surface area contributed by atoms with Gasteiger partial charge in [0.25, 0.3) is 0 Å². The summed E-state index contributed by atoms with van der Waals surface area (Å²) in [7, 11) is 1.66. The molecule has 1 aromatic carbocycles. The fraction of sp³-hybridized carbons (Fsp3) is 0.308. The lowest BCUT2D eigenvalue weighted by atomic mass is 10.1. The van der Waals surface area contributed by atoms with Crippen molar-refractivity contribution < 1.29 is 13.2 Å². The summed E-state index contributed by atoms with van der Waals surface area (Å²) in [6.07, 6.45) is -3.67. The Hall–Kier alpha value is -1.78. The van der Waals surface area contributed by atoms with Crippen molar-refractivity contribution in [2.75, 3.05) is 12.4 Å². The number of pyridine rings is 1. The van der Waals surface area contributed by atoms with Crippen LogP contribution in [0.15, 0.2) is 24.3 Å². The van der Waals surface area contributed by atoms with E-state index >= 15 is 0 Å². The van der Waals surface area contributed by atoms with E-state index in [1.165, 1.54) is 6.07 Å². The monoisotopic (exact) mass is 254 g/mol. The molecular weight excluding hydrogens is 241 g/mol. The standard InChI is InChI=1S/C13H13F3N2/c1-3-8-7-9-5-4-6-10(13(14,15)16)11(9)18-12(8)17-2/h4-7H,3H2,1-2H3,(H,17,18). The third-order valence-corrected chi connectivity index (χ3v) is 2.85. The summed E-state index contributed by atoms with van der Waals surface area (Å²) < 4.78 is 38.6. The zero-order chi connectivity index (χ0) is 13.3. The quantitative estimate of drug-likeness (QED) is 0.880. The Kier molecular flexibility index (Phi) is 3.15. The second kappa shape index (κ2) is 4.48. The number of aromatic nitrogens is 1. The van der Waals surface area contributed by atoms with Crippen molar-refractivity contribution in [3.05, 3.63) is 35.4 Å². The Bertz CT molecular complexity index is 576. The van der Waals surface area contributed by atoms with E-state index in [0.717, 1.165) is 18.1 Å². The van der Waals surface area contributed by atoms with Gasteiger partial charge < -0.3 is 5.32 Å². The van der Waals surface area contributed by atoms with Gasteiger partial charge in [0.15, 0.2) is 0 Å². The zero-order valence-electron chi connectivity index (χ0n) is 10.1. The molecule has 0 atom stereocenters. The molecule has 0 spiro atoms. The van der Waals surface area contributed by atoms with Crippen LogP contribution in [-0.4, -0.2) is 12.0 Å². The maximum Gasteiger partial charge on any atom is 0.418 e. The van der Waals surface area contributed by atoms with Crippen molar-refractivity contribution in [2.24, 2.45) is 0 Å². The number of hydrogen-bond acceptors (Lipinski definition) is 2. The predicted molar refractivity (Wildman–Crippen MR) is 65.7 cm³/mol. The second-order valence-electron chi connectivity index (χ2n) is 3.97. The average Bonchev–Trinajstić information content (AvgIpc) is 2.35. The average molecular weight is 254 g/mol. The normalized spacial score (nSPS) is 11.8. The summed E-state index contributed by atoms with van der Waals surface area (Å²) in [6.45, 7) is 1.94. The Morgan fingerprint density at radius 1 is 1.28 bits per heavy atom. The molecule has 96 valence electrons. The minimum absolute atomic E-state index is 0.00782. The van der Waals surface area contributed by atoms with E-state index in [1.54, 1.807) is 19.2 Å². The molecular formula is C13H13F3N2. The van der Waals surface area contributed by atoms with Crippen LogP contribution in [0.4, 0.5) is 19.0 Å². The fourth-order valence-electron chi connectivity index (χ4n) is 1.96. The lowest BCUT2D eigenvalue weighted by Gasteiger charge is -2.13. The number of hydrogen-bond donors (Lipinski definition) is 1. The van der Waals surface area contributed by atoms with E-state index < -0.39 is 11.7 Å². The van der Waals surface area contributed by atoms with Gasteiger partial charge in [0.05, 0.1) is 11.1 Å². The number of benzene rings is 1. The van der Waals surface area contributed by atoms with Crippen LogP contribution in [0.5, 0.6) is 0 Å². The van der Waals surface area contributed by atoms with Crippen molar-refractivity contribution in [1.29, 1.82) is 0 Å². The van der Waals surface area contributed by atoms with Crippen LogP contribution < -0.4 is 5.32 Å². The molecule has 0 amide bonds. The van der Waals surface area contributed by atoms with E-state index in [0.29, 0.717) is 11.2 Å². The largest absolute Gasteiger partial charge is 0.418 e. The highest BCUT2D eigenvalue weighted by Crippen LogP contribution is 2.35. The molecule has 0 fully saturated rings. The van der Waals surface area contributed by atoms with Gasteiger partial charge in [0, 0.05) is 12.4 Å². The molecule has 5 heteroatoms. The smallest absolute Gasteiger partial charge is 0.373 e. The number of nitrogens with one attached hydrogen (secondary N) is 1. The van der Waals surface area contributed by atoms with Gasteiger partial charge in [-0.25, -0.2) is 4.98 Å². The molecule has 0 aliphatic heterocycles. The zero-order valence-corrected chi connectivity index (χ0v) is 10.1. The number of alkyl halides is 3. The number of rotatable bonds is 2. The van der Waals surface area contributed by atoms with Crippen molar-refractivity contribution >= 4 is 16.7 Å². The summed E-state index contributed by atoms with van der Waals surface area (Å²) in [5, 5.41) is 3.35. The first-order valence-electron chi connectivity index (χ1n) is 5.65. The lowest BCUT2D eigenvalue weighted by Crippen LogP contribution is -2.08. The van der Waals surface area contributed by atoms with Crippen LogP contribution >= 0.6 is 0 Å². The number of nitrogens with zero attached hydrogens (tertiary/aromatic N) is 1. The van der Waals surface area contributed by atoms with Crippen LogP contribution in [0, 0.1) is 0 Å². The molecule has 0 saturated carbocycles. The highest BCUT2D eigenvalue weighted by atomic mass is 19.4. The van der Waals surface area contributed by atoms with Crippen LogP contribution in [0.3, 0.4) is 0 Å². The van der Waals surface area contributed by atoms with Gasteiger partial charge >= 0.3 is 6.18 Å².